The summed E-state index contributed by atoms with van der Waals surface area (Å²) in [5, 5.41) is 13.2. The highest BCUT2D eigenvalue weighted by molar-refractivity contribution is 6.31. The Kier molecular flexibility index (Phi) is 9.82. The van der Waals surface area contributed by atoms with Gasteiger partial charge in [0.2, 0.25) is 0 Å². The highest BCUT2D eigenvalue weighted by Crippen LogP contribution is 2.32. The zero-order chi connectivity index (χ0) is 26.8. The van der Waals surface area contributed by atoms with Crippen LogP contribution in [0.4, 0.5) is 13.2 Å². The smallest absolute Gasteiger partial charge is 0.416 e. The Bertz CT molecular complexity index is 1180. The van der Waals surface area contributed by atoms with Crippen molar-refractivity contribution in [2.45, 2.75) is 71.1 Å². The highest BCUT2D eigenvalue weighted by Gasteiger charge is 2.34. The Morgan fingerprint density at radius 2 is 1.62 bits per heavy atom. The minimum Gasteiger partial charge on any atom is -0.474 e. The number of amides is 1. The van der Waals surface area contributed by atoms with Crippen molar-refractivity contribution < 1.29 is 32.4 Å². The molecule has 0 saturated heterocycles. The second-order valence-electron chi connectivity index (χ2n) is 8.85. The molecule has 0 radical (unpaired) electrons. The number of aliphatic carboxylic acids is 1. The molecular formula is C27H30F3N3O4. The number of rotatable bonds is 12. The molecule has 3 rings (SSSR count). The number of halogens is 3. The number of carbonyl (C=O) groups is 2. The van der Waals surface area contributed by atoms with Gasteiger partial charge < -0.3 is 14.5 Å². The van der Waals surface area contributed by atoms with Gasteiger partial charge in [-0.05, 0) is 35.7 Å². The summed E-state index contributed by atoms with van der Waals surface area (Å²) >= 11 is 0. The van der Waals surface area contributed by atoms with Crippen LogP contribution < -0.4 is 0 Å². The Labute approximate surface area is 213 Å². The lowest BCUT2D eigenvalue weighted by molar-refractivity contribution is -0.156. The topological polar surface area (TPSA) is 96.5 Å². The van der Waals surface area contributed by atoms with E-state index in [4.69, 9.17) is 4.52 Å². The van der Waals surface area contributed by atoms with E-state index in [-0.39, 0.29) is 12.1 Å². The number of aromatic nitrogens is 2. The van der Waals surface area contributed by atoms with E-state index in [9.17, 15) is 27.9 Å². The number of alkyl halides is 3. The average Bonchev–Trinajstić information content (AvgIpc) is 3.34. The first kappa shape index (κ1) is 27.9. The van der Waals surface area contributed by atoms with Crippen molar-refractivity contribution in [3.05, 3.63) is 71.0 Å². The van der Waals surface area contributed by atoms with E-state index in [2.05, 4.69) is 17.1 Å². The third-order valence-corrected chi connectivity index (χ3v) is 5.95. The number of nitrogens with zero attached hydrogens (tertiary/aromatic N) is 3. The number of hydrogen-bond acceptors (Lipinski definition) is 5. The van der Waals surface area contributed by atoms with Gasteiger partial charge in [0, 0.05) is 25.1 Å². The van der Waals surface area contributed by atoms with Crippen LogP contribution in [-0.2, 0) is 35.3 Å². The average molecular weight is 518 g/mol. The van der Waals surface area contributed by atoms with Crippen LogP contribution in [0.5, 0.6) is 0 Å². The number of hydrogen-bond donors (Lipinski definition) is 1. The van der Waals surface area contributed by atoms with E-state index in [1.54, 1.807) is 24.3 Å². The van der Waals surface area contributed by atoms with E-state index < -0.39 is 30.2 Å². The minimum atomic E-state index is -4.63. The quantitative estimate of drug-likeness (QED) is 0.225. The number of carbonyl (C=O) groups excluding carboxylic acids is 1. The summed E-state index contributed by atoms with van der Waals surface area (Å²) in [7, 11) is 0. The highest BCUT2D eigenvalue weighted by atomic mass is 19.4. The van der Waals surface area contributed by atoms with Gasteiger partial charge in [-0.3, -0.25) is 4.79 Å². The predicted octanol–water partition coefficient (Wildman–Crippen LogP) is 6.27. The van der Waals surface area contributed by atoms with E-state index in [0.717, 1.165) is 30.2 Å². The van der Waals surface area contributed by atoms with Crippen LogP contribution in [0, 0.1) is 0 Å². The van der Waals surface area contributed by atoms with Crippen LogP contribution >= 0.6 is 0 Å². The molecule has 1 heterocycles. The molecule has 7 nitrogen and oxygen atoms in total. The number of carboxylic acids is 1. The lowest BCUT2D eigenvalue weighted by Gasteiger charge is -2.23. The molecule has 0 unspecified atom stereocenters. The molecule has 0 bridgehead atoms. The van der Waals surface area contributed by atoms with Crippen molar-refractivity contribution in [2.75, 3.05) is 0 Å². The van der Waals surface area contributed by atoms with Gasteiger partial charge in [-0.2, -0.15) is 18.2 Å². The molecule has 1 N–H and O–H groups in total. The third kappa shape index (κ3) is 8.16. The Morgan fingerprint density at radius 3 is 2.30 bits per heavy atom. The number of benzene rings is 2. The lowest BCUT2D eigenvalue weighted by atomic mass is 10.1. The zero-order valence-corrected chi connectivity index (χ0v) is 20.6. The summed E-state index contributed by atoms with van der Waals surface area (Å²) in [6, 6.07) is 11.4. The molecule has 198 valence electrons. The van der Waals surface area contributed by atoms with Crippen molar-refractivity contribution in [3.63, 3.8) is 0 Å². The van der Waals surface area contributed by atoms with Gasteiger partial charge in [-0.15, -0.1) is 0 Å². The maximum absolute atomic E-state index is 13.4. The molecule has 0 aliphatic rings. The van der Waals surface area contributed by atoms with Gasteiger partial charge in [-0.25, -0.2) is 4.79 Å². The minimum absolute atomic E-state index is 0.190. The van der Waals surface area contributed by atoms with Crippen LogP contribution in [0.1, 0.15) is 68.0 Å². The van der Waals surface area contributed by atoms with Gasteiger partial charge >= 0.3 is 18.1 Å². The van der Waals surface area contributed by atoms with Crippen LogP contribution in [0.2, 0.25) is 0 Å². The number of unbranched alkanes of at least 4 members (excludes halogenated alkanes) is 5. The molecule has 10 heteroatoms. The molecule has 0 atom stereocenters. The summed E-state index contributed by atoms with van der Waals surface area (Å²) in [5.41, 5.74) is 0.0744. The molecule has 0 aliphatic carbocycles. The summed E-state index contributed by atoms with van der Waals surface area (Å²) in [6.45, 7) is 1.48. The monoisotopic (exact) mass is 517 g/mol. The summed E-state index contributed by atoms with van der Waals surface area (Å²) < 4.78 is 45.5. The molecule has 0 spiro atoms. The molecular weight excluding hydrogens is 487 g/mol. The molecule has 37 heavy (non-hydrogen) atoms. The lowest BCUT2D eigenvalue weighted by Crippen LogP contribution is -2.36. The Balaban J connectivity index is 1.67. The van der Waals surface area contributed by atoms with Crippen molar-refractivity contribution in [3.8, 4) is 11.5 Å². The van der Waals surface area contributed by atoms with Gasteiger partial charge in [0.25, 0.3) is 5.89 Å². The molecule has 2 aromatic carbocycles. The summed E-state index contributed by atoms with van der Waals surface area (Å²) in [4.78, 5) is 28.9. The third-order valence-electron chi connectivity index (χ3n) is 5.95. The van der Waals surface area contributed by atoms with Crippen molar-refractivity contribution in [2.24, 2.45) is 0 Å². The fourth-order valence-electron chi connectivity index (χ4n) is 3.98. The molecule has 1 amide bonds. The van der Waals surface area contributed by atoms with Crippen molar-refractivity contribution >= 4 is 11.9 Å². The van der Waals surface area contributed by atoms with Gasteiger partial charge in [-0.1, -0.05) is 74.5 Å². The molecule has 0 fully saturated rings. The van der Waals surface area contributed by atoms with E-state index in [1.807, 2.05) is 0 Å². The fourth-order valence-corrected chi connectivity index (χ4v) is 3.98. The zero-order valence-electron chi connectivity index (χ0n) is 20.6. The van der Waals surface area contributed by atoms with E-state index in [1.165, 1.54) is 43.9 Å². The summed E-state index contributed by atoms with van der Waals surface area (Å²) in [5.74, 6) is -2.08. The van der Waals surface area contributed by atoms with Crippen LogP contribution in [0.25, 0.3) is 11.5 Å². The molecule has 0 aliphatic heterocycles. The first-order valence-electron chi connectivity index (χ1n) is 12.3. The molecule has 0 saturated carbocycles. The fraction of sp³-hybridized carbons (Fsp3) is 0.407. The van der Waals surface area contributed by atoms with Gasteiger partial charge in [0.1, 0.15) is 0 Å². The van der Waals surface area contributed by atoms with E-state index in [0.29, 0.717) is 22.8 Å². The Hall–Kier alpha value is -3.69. The van der Waals surface area contributed by atoms with Crippen LogP contribution in [0.3, 0.4) is 0 Å². The van der Waals surface area contributed by atoms with Gasteiger partial charge in [0.15, 0.2) is 5.82 Å². The maximum Gasteiger partial charge on any atom is 0.416 e. The second-order valence-corrected chi connectivity index (χ2v) is 8.85. The number of carboxylic acid groups (broad SMARTS) is 1. The normalized spacial score (nSPS) is 11.5. The molecule has 3 aromatic rings. The maximum atomic E-state index is 13.4. The van der Waals surface area contributed by atoms with Gasteiger partial charge in [0.05, 0.1) is 5.56 Å². The SMILES string of the molecule is CCCCCCCCc1noc(-c2ccc(CN(Cc3ccccc3C(F)(F)F)C(=O)C(=O)O)cc2)n1. The molecule has 1 aromatic heterocycles. The standard InChI is InChI=1S/C27H30F3N3O4/c1-2-3-4-5-6-7-12-23-31-24(37-32-23)20-15-13-19(14-16-20)17-33(25(34)26(35)36)18-21-10-8-9-11-22(21)27(28,29)30/h8-11,13-16H,2-7,12,17-18H2,1H3,(H,35,36). The van der Waals surface area contributed by atoms with Crippen molar-refractivity contribution in [1.29, 1.82) is 0 Å². The Morgan fingerprint density at radius 1 is 0.946 bits per heavy atom. The predicted molar refractivity (Wildman–Crippen MR) is 130 cm³/mol. The first-order chi connectivity index (χ1) is 17.7. The van der Waals surface area contributed by atoms with Crippen LogP contribution in [-0.4, -0.2) is 32.0 Å². The van der Waals surface area contributed by atoms with Crippen LogP contribution in [0.15, 0.2) is 53.1 Å². The van der Waals surface area contributed by atoms with E-state index >= 15 is 0 Å². The largest absolute Gasteiger partial charge is 0.474 e. The number of aryl methyl sites for hydroxylation is 1. The second kappa shape index (κ2) is 13.0. The summed E-state index contributed by atoms with van der Waals surface area (Å²) in [6.07, 6.45) is 3.03. The first-order valence-corrected chi connectivity index (χ1v) is 12.3. The van der Waals surface area contributed by atoms with Crippen molar-refractivity contribution in [1.82, 2.24) is 15.0 Å².